The highest BCUT2D eigenvalue weighted by Crippen LogP contribution is 2.22. The minimum Gasteiger partial charge on any atom is -0.380 e. The highest BCUT2D eigenvalue weighted by atomic mass is 32.1. The molecule has 1 fully saturated rings. The molecule has 0 saturated carbocycles. The number of carbonyl (C=O) groups is 1. The minimum atomic E-state index is -0.432. The summed E-state index contributed by atoms with van der Waals surface area (Å²) in [6.45, 7) is 4.66. The Morgan fingerprint density at radius 2 is 2.44 bits per heavy atom. The van der Waals surface area contributed by atoms with Gasteiger partial charge in [-0.1, -0.05) is 0 Å². The summed E-state index contributed by atoms with van der Waals surface area (Å²) < 4.78 is 5.24. The van der Waals surface area contributed by atoms with Gasteiger partial charge >= 0.3 is 0 Å². The second-order valence-corrected chi connectivity index (χ2v) is 5.90. The molecule has 1 aromatic rings. The number of aromatic nitrogens is 1. The third-order valence-corrected chi connectivity index (χ3v) is 4.24. The zero-order chi connectivity index (χ0) is 13.2. The number of rotatable bonds is 4. The van der Waals surface area contributed by atoms with Crippen LogP contribution >= 0.6 is 11.3 Å². The van der Waals surface area contributed by atoms with Gasteiger partial charge in [-0.2, -0.15) is 0 Å². The number of thiazole rings is 1. The number of hydrogen-bond donors (Lipinski definition) is 2. The Morgan fingerprint density at radius 1 is 1.67 bits per heavy atom. The van der Waals surface area contributed by atoms with E-state index in [0.29, 0.717) is 0 Å². The fraction of sp³-hybridized carbons (Fsp3) is 0.667. The van der Waals surface area contributed by atoms with Crippen molar-refractivity contribution in [2.24, 2.45) is 0 Å². The van der Waals surface area contributed by atoms with Crippen molar-refractivity contribution in [1.82, 2.24) is 15.6 Å². The largest absolute Gasteiger partial charge is 0.380 e. The third kappa shape index (κ3) is 2.88. The molecule has 2 atom stereocenters. The van der Waals surface area contributed by atoms with Crippen LogP contribution in [-0.2, 0) is 15.1 Å². The molecule has 18 heavy (non-hydrogen) atoms. The van der Waals surface area contributed by atoms with Crippen molar-refractivity contribution in [3.05, 3.63) is 16.6 Å². The summed E-state index contributed by atoms with van der Waals surface area (Å²) >= 11 is 1.55. The molecule has 0 spiro atoms. The van der Waals surface area contributed by atoms with E-state index in [2.05, 4.69) is 15.6 Å². The highest BCUT2D eigenvalue weighted by molar-refractivity contribution is 7.09. The Kier molecular flexibility index (Phi) is 3.99. The van der Waals surface area contributed by atoms with Crippen molar-refractivity contribution in [3.63, 3.8) is 0 Å². The molecular formula is C12H19N3O2S. The number of carbonyl (C=O) groups excluding carboxylic acids is 1. The van der Waals surface area contributed by atoms with E-state index in [-0.39, 0.29) is 18.1 Å². The van der Waals surface area contributed by atoms with E-state index in [1.807, 2.05) is 19.2 Å². The van der Waals surface area contributed by atoms with Gasteiger partial charge in [-0.3, -0.25) is 4.79 Å². The van der Waals surface area contributed by atoms with Crippen molar-refractivity contribution in [2.45, 2.75) is 38.0 Å². The van der Waals surface area contributed by atoms with Gasteiger partial charge in [0.05, 0.1) is 17.7 Å². The molecule has 0 bridgehead atoms. The van der Waals surface area contributed by atoms with Gasteiger partial charge in [0.15, 0.2) is 0 Å². The number of hydrogen-bond acceptors (Lipinski definition) is 5. The van der Waals surface area contributed by atoms with Crippen LogP contribution in [0.1, 0.15) is 25.3 Å². The van der Waals surface area contributed by atoms with E-state index >= 15 is 0 Å². The molecule has 5 nitrogen and oxygen atoms in total. The van der Waals surface area contributed by atoms with Gasteiger partial charge in [0, 0.05) is 25.2 Å². The molecule has 0 aromatic carbocycles. The first-order valence-corrected chi connectivity index (χ1v) is 6.89. The molecule has 100 valence electrons. The first kappa shape index (κ1) is 13.5. The number of methoxy groups -OCH3 is 1. The van der Waals surface area contributed by atoms with Crippen molar-refractivity contribution in [2.75, 3.05) is 13.7 Å². The number of nitrogens with zero attached hydrogens (tertiary/aromatic N) is 1. The van der Waals surface area contributed by atoms with Crippen LogP contribution in [0.25, 0.3) is 0 Å². The van der Waals surface area contributed by atoms with E-state index in [1.54, 1.807) is 24.6 Å². The van der Waals surface area contributed by atoms with Crippen LogP contribution in [0.5, 0.6) is 0 Å². The molecule has 2 unspecified atom stereocenters. The SMILES string of the molecule is COC1CNC(C(=O)NC(C)(C)c2nccs2)C1. The molecule has 2 heterocycles. The lowest BCUT2D eigenvalue weighted by Gasteiger charge is -2.25. The standard InChI is InChI=1S/C12H19N3O2S/c1-12(2,11-13-4-5-18-11)15-10(16)9-6-8(17-3)7-14-9/h4-5,8-9,14H,6-7H2,1-3H3,(H,15,16). The van der Waals surface area contributed by atoms with E-state index in [1.165, 1.54) is 0 Å². The number of nitrogens with one attached hydrogen (secondary N) is 2. The summed E-state index contributed by atoms with van der Waals surface area (Å²) in [5.41, 5.74) is -0.432. The minimum absolute atomic E-state index is 0.00903. The third-order valence-electron chi connectivity index (χ3n) is 3.14. The van der Waals surface area contributed by atoms with Crippen LogP contribution in [0.3, 0.4) is 0 Å². The maximum absolute atomic E-state index is 12.2. The monoisotopic (exact) mass is 269 g/mol. The average molecular weight is 269 g/mol. The van der Waals surface area contributed by atoms with E-state index in [9.17, 15) is 4.79 Å². The number of amides is 1. The van der Waals surface area contributed by atoms with Crippen molar-refractivity contribution in [1.29, 1.82) is 0 Å². The van der Waals surface area contributed by atoms with Crippen LogP contribution in [0, 0.1) is 0 Å². The molecular weight excluding hydrogens is 250 g/mol. The van der Waals surface area contributed by atoms with Gasteiger partial charge in [0.2, 0.25) is 5.91 Å². The van der Waals surface area contributed by atoms with E-state index in [4.69, 9.17) is 4.74 Å². The first-order valence-electron chi connectivity index (χ1n) is 6.01. The highest BCUT2D eigenvalue weighted by Gasteiger charge is 2.33. The van der Waals surface area contributed by atoms with Crippen LogP contribution in [-0.4, -0.2) is 36.7 Å². The molecule has 1 aromatic heterocycles. The molecule has 0 aliphatic carbocycles. The summed E-state index contributed by atoms with van der Waals surface area (Å²) in [5, 5.41) is 9.04. The van der Waals surface area contributed by atoms with Crippen LogP contribution in [0.2, 0.25) is 0 Å². The predicted molar refractivity (Wildman–Crippen MR) is 70.5 cm³/mol. The molecule has 6 heteroatoms. The van der Waals surface area contributed by atoms with E-state index < -0.39 is 5.54 Å². The summed E-state index contributed by atoms with van der Waals surface area (Å²) in [5.74, 6) is 0.00903. The molecule has 0 radical (unpaired) electrons. The Bertz CT molecular complexity index is 405. The Morgan fingerprint density at radius 3 is 3.00 bits per heavy atom. The second kappa shape index (κ2) is 5.34. The maximum Gasteiger partial charge on any atom is 0.237 e. The van der Waals surface area contributed by atoms with Crippen molar-refractivity contribution in [3.8, 4) is 0 Å². The Balaban J connectivity index is 1.95. The average Bonchev–Trinajstić information content (AvgIpc) is 3.00. The molecule has 2 N–H and O–H groups in total. The van der Waals surface area contributed by atoms with Crippen LogP contribution in [0.4, 0.5) is 0 Å². The second-order valence-electron chi connectivity index (χ2n) is 5.01. The summed E-state index contributed by atoms with van der Waals surface area (Å²) in [6.07, 6.45) is 2.60. The fourth-order valence-corrected chi connectivity index (χ4v) is 2.78. The molecule has 1 aliphatic rings. The summed E-state index contributed by atoms with van der Waals surface area (Å²) in [7, 11) is 1.67. The van der Waals surface area contributed by atoms with Gasteiger partial charge < -0.3 is 15.4 Å². The lowest BCUT2D eigenvalue weighted by molar-refractivity contribution is -0.124. The smallest absolute Gasteiger partial charge is 0.237 e. The van der Waals surface area contributed by atoms with Gasteiger partial charge in [-0.15, -0.1) is 11.3 Å². The topological polar surface area (TPSA) is 63.2 Å². The normalized spacial score (nSPS) is 24.2. The zero-order valence-electron chi connectivity index (χ0n) is 10.9. The predicted octanol–water partition coefficient (Wildman–Crippen LogP) is 0.871. The summed E-state index contributed by atoms with van der Waals surface area (Å²) in [4.78, 5) is 16.4. The van der Waals surface area contributed by atoms with Gasteiger partial charge in [0.1, 0.15) is 5.01 Å². The quantitative estimate of drug-likeness (QED) is 0.851. The zero-order valence-corrected chi connectivity index (χ0v) is 11.7. The molecule has 1 saturated heterocycles. The Hall–Kier alpha value is -0.980. The van der Waals surface area contributed by atoms with Gasteiger partial charge in [-0.05, 0) is 20.3 Å². The lowest BCUT2D eigenvalue weighted by Crippen LogP contribution is -2.48. The maximum atomic E-state index is 12.2. The molecule has 2 rings (SSSR count). The van der Waals surface area contributed by atoms with Gasteiger partial charge in [0.25, 0.3) is 0 Å². The summed E-state index contributed by atoms with van der Waals surface area (Å²) in [6, 6.07) is -0.172. The van der Waals surface area contributed by atoms with E-state index in [0.717, 1.165) is 18.0 Å². The van der Waals surface area contributed by atoms with Crippen LogP contribution < -0.4 is 10.6 Å². The van der Waals surface area contributed by atoms with Crippen molar-refractivity contribution < 1.29 is 9.53 Å². The van der Waals surface area contributed by atoms with Gasteiger partial charge in [-0.25, -0.2) is 4.98 Å². The molecule has 1 amide bonds. The first-order chi connectivity index (χ1) is 8.53. The lowest BCUT2D eigenvalue weighted by atomic mass is 10.1. The molecule has 1 aliphatic heterocycles. The van der Waals surface area contributed by atoms with Crippen LogP contribution in [0.15, 0.2) is 11.6 Å². The Labute approximate surface area is 111 Å². The fourth-order valence-electron chi connectivity index (χ4n) is 2.06. The van der Waals surface area contributed by atoms with Crippen molar-refractivity contribution >= 4 is 17.2 Å². The number of ether oxygens (including phenoxy) is 1.